The van der Waals surface area contributed by atoms with Crippen molar-refractivity contribution in [2.24, 2.45) is 0 Å². The van der Waals surface area contributed by atoms with Crippen molar-refractivity contribution in [2.75, 3.05) is 18.4 Å². The summed E-state index contributed by atoms with van der Waals surface area (Å²) >= 11 is 2.41. The van der Waals surface area contributed by atoms with E-state index in [1.54, 1.807) is 12.1 Å². The van der Waals surface area contributed by atoms with Crippen molar-refractivity contribution in [3.8, 4) is 5.75 Å². The first-order chi connectivity index (χ1) is 13.2. The lowest BCUT2D eigenvalue weighted by Crippen LogP contribution is -2.29. The van der Waals surface area contributed by atoms with Gasteiger partial charge >= 0.3 is 0 Å². The van der Waals surface area contributed by atoms with E-state index in [0.29, 0.717) is 16.6 Å². The van der Waals surface area contributed by atoms with E-state index in [2.05, 4.69) is 38.2 Å². The van der Waals surface area contributed by atoms with Gasteiger partial charge in [-0.05, 0) is 36.7 Å². The molecule has 140 valence electrons. The number of hydrogen-bond acceptors (Lipinski definition) is 7. The molecule has 27 heavy (non-hydrogen) atoms. The van der Waals surface area contributed by atoms with Gasteiger partial charge in [-0.25, -0.2) is 9.37 Å². The van der Waals surface area contributed by atoms with Crippen LogP contribution < -0.4 is 9.46 Å². The third kappa shape index (κ3) is 4.23. The summed E-state index contributed by atoms with van der Waals surface area (Å²) in [4.78, 5) is 6.77. The summed E-state index contributed by atoms with van der Waals surface area (Å²) in [5, 5.41) is 0.638. The molecular formula is C19H19FN4OS2. The number of fused-ring (bicyclic) bond motifs is 1. The number of nitrogens with zero attached hydrogens (tertiary/aromatic N) is 3. The second-order valence-corrected chi connectivity index (χ2v) is 7.95. The Hall–Kier alpha value is -2.16. The van der Waals surface area contributed by atoms with Crippen LogP contribution in [0, 0.1) is 5.82 Å². The standard InChI is InChI=1S/C19H19FN4OS2/c1-24(11-13-5-3-2-4-6-13)16-7-8-25-17-10-18(15(20)9-14(16)17)26-23-19-21-12-22-27-19/h2-6,9-10,12,16H,7-8,11H2,1H3,(H,21,22,23)/t16-/m0/s1. The molecule has 0 bridgehead atoms. The first kappa shape index (κ1) is 18.2. The summed E-state index contributed by atoms with van der Waals surface area (Å²) in [5.41, 5.74) is 2.14. The zero-order valence-electron chi connectivity index (χ0n) is 14.8. The maximum absolute atomic E-state index is 14.7. The zero-order valence-corrected chi connectivity index (χ0v) is 16.4. The molecular weight excluding hydrogens is 383 g/mol. The normalized spacial score (nSPS) is 16.0. The summed E-state index contributed by atoms with van der Waals surface area (Å²) in [7, 11) is 2.07. The van der Waals surface area contributed by atoms with Gasteiger partial charge in [0.2, 0.25) is 5.13 Å². The lowest BCUT2D eigenvalue weighted by Gasteiger charge is -2.33. The van der Waals surface area contributed by atoms with E-state index >= 15 is 0 Å². The molecule has 5 nitrogen and oxygen atoms in total. The lowest BCUT2D eigenvalue weighted by atomic mass is 9.98. The highest BCUT2D eigenvalue weighted by molar-refractivity contribution is 8.00. The van der Waals surface area contributed by atoms with Gasteiger partial charge in [-0.3, -0.25) is 4.90 Å². The van der Waals surface area contributed by atoms with Crippen molar-refractivity contribution in [1.29, 1.82) is 0 Å². The summed E-state index contributed by atoms with van der Waals surface area (Å²) in [6.07, 6.45) is 2.30. The molecule has 1 aromatic heterocycles. The van der Waals surface area contributed by atoms with Crippen LogP contribution in [0.2, 0.25) is 0 Å². The van der Waals surface area contributed by atoms with Gasteiger partial charge in [0, 0.05) is 36.1 Å². The minimum Gasteiger partial charge on any atom is -0.493 e. The van der Waals surface area contributed by atoms with Crippen LogP contribution in [0.5, 0.6) is 5.75 Å². The van der Waals surface area contributed by atoms with Crippen LogP contribution in [0.3, 0.4) is 0 Å². The SMILES string of the molecule is CN(Cc1ccccc1)[C@H]1CCOc2cc(SNc3ncns3)c(F)cc21. The molecule has 0 unspecified atom stereocenters. The molecule has 2 aromatic carbocycles. The van der Waals surface area contributed by atoms with Crippen molar-refractivity contribution < 1.29 is 9.13 Å². The predicted molar refractivity (Wildman–Crippen MR) is 107 cm³/mol. The fourth-order valence-corrected chi connectivity index (χ4v) is 4.34. The Labute approximate surface area is 165 Å². The van der Waals surface area contributed by atoms with E-state index in [1.165, 1.54) is 35.4 Å². The van der Waals surface area contributed by atoms with Crippen molar-refractivity contribution in [2.45, 2.75) is 23.9 Å². The Morgan fingerprint density at radius 2 is 2.19 bits per heavy atom. The minimum absolute atomic E-state index is 0.124. The first-order valence-corrected chi connectivity index (χ1v) is 10.2. The van der Waals surface area contributed by atoms with E-state index in [9.17, 15) is 4.39 Å². The second kappa shape index (κ2) is 8.24. The number of halogens is 1. The molecule has 0 saturated heterocycles. The maximum atomic E-state index is 14.7. The molecule has 1 aliphatic rings. The average molecular weight is 403 g/mol. The fourth-order valence-electron chi connectivity index (χ4n) is 3.21. The fraction of sp³-hybridized carbons (Fsp3) is 0.263. The van der Waals surface area contributed by atoms with Gasteiger partial charge in [-0.2, -0.15) is 4.37 Å². The third-order valence-electron chi connectivity index (χ3n) is 4.49. The summed E-state index contributed by atoms with van der Waals surface area (Å²) < 4.78 is 27.5. The third-order valence-corrected chi connectivity index (χ3v) is 6.03. The molecule has 3 aromatic rings. The maximum Gasteiger partial charge on any atom is 0.212 e. The van der Waals surface area contributed by atoms with Crippen LogP contribution in [-0.4, -0.2) is 27.9 Å². The molecule has 4 rings (SSSR count). The minimum atomic E-state index is -0.264. The quantitative estimate of drug-likeness (QED) is 0.601. The van der Waals surface area contributed by atoms with Gasteiger partial charge in [0.15, 0.2) is 0 Å². The Morgan fingerprint density at radius 3 is 2.96 bits per heavy atom. The molecule has 0 aliphatic carbocycles. The van der Waals surface area contributed by atoms with E-state index in [1.807, 2.05) is 18.2 Å². The first-order valence-electron chi connectivity index (χ1n) is 8.60. The van der Waals surface area contributed by atoms with Gasteiger partial charge in [0.25, 0.3) is 0 Å². The van der Waals surface area contributed by atoms with Crippen LogP contribution >= 0.6 is 23.5 Å². The number of rotatable bonds is 6. The van der Waals surface area contributed by atoms with Crippen LogP contribution in [0.15, 0.2) is 53.7 Å². The molecule has 1 atom stereocenters. The van der Waals surface area contributed by atoms with Crippen molar-refractivity contribution in [3.63, 3.8) is 0 Å². The predicted octanol–water partition coefficient (Wildman–Crippen LogP) is 4.75. The van der Waals surface area contributed by atoms with Gasteiger partial charge in [-0.1, -0.05) is 30.3 Å². The van der Waals surface area contributed by atoms with Crippen LogP contribution in [0.1, 0.15) is 23.6 Å². The summed E-state index contributed by atoms with van der Waals surface area (Å²) in [6.45, 7) is 1.43. The number of nitrogens with one attached hydrogen (secondary N) is 1. The van der Waals surface area contributed by atoms with Crippen LogP contribution in [-0.2, 0) is 6.54 Å². The van der Waals surface area contributed by atoms with Gasteiger partial charge in [-0.15, -0.1) is 0 Å². The molecule has 8 heteroatoms. The Morgan fingerprint density at radius 1 is 1.33 bits per heavy atom. The Bertz CT molecular complexity index is 892. The van der Waals surface area contributed by atoms with Gasteiger partial charge in [0.05, 0.1) is 11.5 Å². The van der Waals surface area contributed by atoms with Crippen LogP contribution in [0.4, 0.5) is 9.52 Å². The number of hydrogen-bond donors (Lipinski definition) is 1. The van der Waals surface area contributed by atoms with Crippen molar-refractivity contribution in [3.05, 3.63) is 65.7 Å². The van der Waals surface area contributed by atoms with E-state index in [-0.39, 0.29) is 11.9 Å². The second-order valence-electron chi connectivity index (χ2n) is 6.32. The highest BCUT2D eigenvalue weighted by Crippen LogP contribution is 2.39. The zero-order chi connectivity index (χ0) is 18.6. The molecule has 1 N–H and O–H groups in total. The molecule has 0 amide bonds. The lowest BCUT2D eigenvalue weighted by molar-refractivity contribution is 0.160. The Balaban J connectivity index is 1.52. The van der Waals surface area contributed by atoms with E-state index in [0.717, 1.165) is 24.3 Å². The smallest absolute Gasteiger partial charge is 0.212 e. The van der Waals surface area contributed by atoms with Gasteiger partial charge < -0.3 is 9.46 Å². The van der Waals surface area contributed by atoms with Crippen molar-refractivity contribution >= 4 is 28.6 Å². The largest absolute Gasteiger partial charge is 0.493 e. The molecule has 0 fully saturated rings. The number of ether oxygens (including phenoxy) is 1. The topological polar surface area (TPSA) is 50.3 Å². The number of anilines is 1. The highest BCUT2D eigenvalue weighted by Gasteiger charge is 2.27. The molecule has 0 spiro atoms. The molecule has 0 saturated carbocycles. The highest BCUT2D eigenvalue weighted by atomic mass is 32.2. The van der Waals surface area contributed by atoms with Gasteiger partial charge in [0.1, 0.15) is 17.9 Å². The molecule has 0 radical (unpaired) electrons. The van der Waals surface area contributed by atoms with Crippen LogP contribution in [0.25, 0.3) is 0 Å². The monoisotopic (exact) mass is 402 g/mol. The molecule has 2 heterocycles. The van der Waals surface area contributed by atoms with Crippen molar-refractivity contribution in [1.82, 2.24) is 14.3 Å². The summed E-state index contributed by atoms with van der Waals surface area (Å²) in [5.74, 6) is 0.480. The Kier molecular flexibility index (Phi) is 5.56. The van der Waals surface area contributed by atoms with E-state index < -0.39 is 0 Å². The summed E-state index contributed by atoms with van der Waals surface area (Å²) in [6, 6.07) is 13.8. The number of benzene rings is 2. The van der Waals surface area contributed by atoms with E-state index in [4.69, 9.17) is 4.74 Å². The number of aromatic nitrogens is 2. The molecule has 1 aliphatic heterocycles. The average Bonchev–Trinajstić information content (AvgIpc) is 3.20.